The lowest BCUT2D eigenvalue weighted by Gasteiger charge is -2.20. The van der Waals surface area contributed by atoms with Crippen LogP contribution in [-0.4, -0.2) is 19.1 Å². The van der Waals surface area contributed by atoms with Crippen LogP contribution < -0.4 is 11.1 Å². The second kappa shape index (κ2) is 2.21. The van der Waals surface area contributed by atoms with Gasteiger partial charge < -0.3 is 11.1 Å². The monoisotopic (exact) mass is 140 g/mol. The SMILES string of the molecule is NC1CCC2(CCNC2)C1. The van der Waals surface area contributed by atoms with E-state index in [9.17, 15) is 0 Å². The molecule has 1 aliphatic carbocycles. The Hall–Kier alpha value is -0.0800. The predicted molar refractivity (Wildman–Crippen MR) is 41.7 cm³/mol. The third-order valence-corrected chi connectivity index (χ3v) is 3.07. The van der Waals surface area contributed by atoms with Crippen LogP contribution in [-0.2, 0) is 0 Å². The van der Waals surface area contributed by atoms with Gasteiger partial charge in [-0.25, -0.2) is 0 Å². The molecule has 1 spiro atoms. The van der Waals surface area contributed by atoms with Gasteiger partial charge in [0.05, 0.1) is 0 Å². The van der Waals surface area contributed by atoms with E-state index in [0.29, 0.717) is 11.5 Å². The quantitative estimate of drug-likeness (QED) is 0.513. The maximum atomic E-state index is 5.86. The molecule has 2 nitrogen and oxygen atoms in total. The minimum absolute atomic E-state index is 0.500. The van der Waals surface area contributed by atoms with E-state index in [1.54, 1.807) is 0 Å². The summed E-state index contributed by atoms with van der Waals surface area (Å²) in [7, 11) is 0. The Bertz CT molecular complexity index is 127. The molecule has 1 saturated carbocycles. The number of hydrogen-bond acceptors (Lipinski definition) is 2. The van der Waals surface area contributed by atoms with Crippen LogP contribution in [0.5, 0.6) is 0 Å². The predicted octanol–water partition coefficient (Wildman–Crippen LogP) is 0.477. The third-order valence-electron chi connectivity index (χ3n) is 3.07. The van der Waals surface area contributed by atoms with Crippen molar-refractivity contribution in [2.45, 2.75) is 31.7 Å². The van der Waals surface area contributed by atoms with E-state index in [2.05, 4.69) is 5.32 Å². The van der Waals surface area contributed by atoms with Gasteiger partial charge in [-0.2, -0.15) is 0 Å². The van der Waals surface area contributed by atoms with Crippen LogP contribution in [0.2, 0.25) is 0 Å². The number of rotatable bonds is 0. The highest BCUT2D eigenvalue weighted by Crippen LogP contribution is 2.41. The van der Waals surface area contributed by atoms with E-state index < -0.39 is 0 Å². The standard InChI is InChI=1S/C8H16N2/c9-7-1-2-8(5-7)3-4-10-6-8/h7,10H,1-6,9H2. The fourth-order valence-electron chi connectivity index (χ4n) is 2.44. The van der Waals surface area contributed by atoms with Crippen molar-refractivity contribution in [1.82, 2.24) is 5.32 Å². The highest BCUT2D eigenvalue weighted by molar-refractivity contribution is 4.95. The molecule has 3 N–H and O–H groups in total. The van der Waals surface area contributed by atoms with Crippen LogP contribution in [0, 0.1) is 5.41 Å². The molecule has 2 aliphatic rings. The summed E-state index contributed by atoms with van der Waals surface area (Å²) < 4.78 is 0. The minimum atomic E-state index is 0.500. The summed E-state index contributed by atoms with van der Waals surface area (Å²) in [6.07, 6.45) is 5.24. The van der Waals surface area contributed by atoms with Crippen molar-refractivity contribution in [1.29, 1.82) is 0 Å². The van der Waals surface area contributed by atoms with E-state index in [4.69, 9.17) is 5.73 Å². The summed E-state index contributed by atoms with van der Waals surface area (Å²) in [6.45, 7) is 2.44. The Morgan fingerprint density at radius 3 is 2.80 bits per heavy atom. The van der Waals surface area contributed by atoms with E-state index in [1.165, 1.54) is 38.8 Å². The van der Waals surface area contributed by atoms with Crippen molar-refractivity contribution in [3.8, 4) is 0 Å². The van der Waals surface area contributed by atoms with Gasteiger partial charge in [-0.05, 0) is 37.6 Å². The molecule has 0 bridgehead atoms. The highest BCUT2D eigenvalue weighted by atomic mass is 14.9. The second-order valence-electron chi connectivity index (χ2n) is 3.93. The molecule has 2 rings (SSSR count). The Labute approximate surface area is 62.2 Å². The lowest BCUT2D eigenvalue weighted by Crippen LogP contribution is -2.23. The topological polar surface area (TPSA) is 38.0 Å². The maximum absolute atomic E-state index is 5.86. The molecule has 58 valence electrons. The number of nitrogens with two attached hydrogens (primary N) is 1. The average Bonchev–Trinajstić information content (AvgIpc) is 2.46. The van der Waals surface area contributed by atoms with Gasteiger partial charge in [-0.1, -0.05) is 0 Å². The molecule has 0 aromatic carbocycles. The molecule has 2 fully saturated rings. The van der Waals surface area contributed by atoms with Gasteiger partial charge in [0.2, 0.25) is 0 Å². The lowest BCUT2D eigenvalue weighted by molar-refractivity contribution is 0.331. The Balaban J connectivity index is 2.03. The molecule has 1 saturated heterocycles. The normalized spacial score (nSPS) is 47.1. The summed E-state index contributed by atoms with van der Waals surface area (Å²) in [4.78, 5) is 0. The van der Waals surface area contributed by atoms with Gasteiger partial charge in [0.15, 0.2) is 0 Å². The molecule has 10 heavy (non-hydrogen) atoms. The first-order chi connectivity index (χ1) is 4.81. The van der Waals surface area contributed by atoms with Crippen LogP contribution >= 0.6 is 0 Å². The zero-order valence-electron chi connectivity index (χ0n) is 6.40. The van der Waals surface area contributed by atoms with Crippen molar-refractivity contribution in [2.24, 2.45) is 11.1 Å². The van der Waals surface area contributed by atoms with Gasteiger partial charge >= 0.3 is 0 Å². The molecule has 2 atom stereocenters. The van der Waals surface area contributed by atoms with Crippen LogP contribution in [0.4, 0.5) is 0 Å². The van der Waals surface area contributed by atoms with Crippen LogP contribution in [0.1, 0.15) is 25.7 Å². The van der Waals surface area contributed by atoms with Crippen molar-refractivity contribution >= 4 is 0 Å². The Morgan fingerprint density at radius 1 is 1.40 bits per heavy atom. The zero-order chi connectivity index (χ0) is 7.03. The number of hydrogen-bond donors (Lipinski definition) is 2. The summed E-state index contributed by atoms with van der Waals surface area (Å²) in [5, 5.41) is 3.42. The third kappa shape index (κ3) is 0.956. The summed E-state index contributed by atoms with van der Waals surface area (Å²) in [5.41, 5.74) is 6.49. The molecule has 0 aromatic heterocycles. The van der Waals surface area contributed by atoms with Gasteiger partial charge in [0, 0.05) is 12.6 Å². The van der Waals surface area contributed by atoms with E-state index in [0.717, 1.165) is 0 Å². The molecule has 0 aromatic rings. The van der Waals surface area contributed by atoms with E-state index in [1.807, 2.05) is 0 Å². The second-order valence-corrected chi connectivity index (χ2v) is 3.93. The molecule has 2 unspecified atom stereocenters. The largest absolute Gasteiger partial charge is 0.328 e. The lowest BCUT2D eigenvalue weighted by atomic mass is 9.85. The van der Waals surface area contributed by atoms with Crippen LogP contribution in [0.3, 0.4) is 0 Å². The Morgan fingerprint density at radius 2 is 2.30 bits per heavy atom. The maximum Gasteiger partial charge on any atom is 0.00448 e. The summed E-state index contributed by atoms with van der Waals surface area (Å²) in [5.74, 6) is 0. The molecule has 1 heterocycles. The van der Waals surface area contributed by atoms with Crippen molar-refractivity contribution < 1.29 is 0 Å². The molecule has 0 radical (unpaired) electrons. The molecular formula is C8H16N2. The summed E-state index contributed by atoms with van der Waals surface area (Å²) in [6, 6.07) is 0.500. The smallest absolute Gasteiger partial charge is 0.00448 e. The zero-order valence-corrected chi connectivity index (χ0v) is 6.40. The minimum Gasteiger partial charge on any atom is -0.328 e. The van der Waals surface area contributed by atoms with Crippen molar-refractivity contribution in [3.63, 3.8) is 0 Å². The molecule has 1 aliphatic heterocycles. The summed E-state index contributed by atoms with van der Waals surface area (Å²) >= 11 is 0. The average molecular weight is 140 g/mol. The first-order valence-electron chi connectivity index (χ1n) is 4.27. The Kier molecular flexibility index (Phi) is 1.46. The fraction of sp³-hybridized carbons (Fsp3) is 1.00. The van der Waals surface area contributed by atoms with Gasteiger partial charge in [0.1, 0.15) is 0 Å². The first kappa shape index (κ1) is 6.62. The molecule has 2 heteroatoms. The fourth-order valence-corrected chi connectivity index (χ4v) is 2.44. The van der Waals surface area contributed by atoms with Gasteiger partial charge in [0.25, 0.3) is 0 Å². The van der Waals surface area contributed by atoms with Gasteiger partial charge in [-0.3, -0.25) is 0 Å². The molecule has 0 amide bonds. The van der Waals surface area contributed by atoms with Crippen LogP contribution in [0.25, 0.3) is 0 Å². The molecular weight excluding hydrogens is 124 g/mol. The number of nitrogens with one attached hydrogen (secondary N) is 1. The van der Waals surface area contributed by atoms with E-state index >= 15 is 0 Å². The van der Waals surface area contributed by atoms with Gasteiger partial charge in [-0.15, -0.1) is 0 Å². The van der Waals surface area contributed by atoms with Crippen LogP contribution in [0.15, 0.2) is 0 Å². The first-order valence-corrected chi connectivity index (χ1v) is 4.27. The highest BCUT2D eigenvalue weighted by Gasteiger charge is 2.39. The van der Waals surface area contributed by atoms with E-state index in [-0.39, 0.29) is 0 Å². The van der Waals surface area contributed by atoms with Crippen molar-refractivity contribution in [3.05, 3.63) is 0 Å². The van der Waals surface area contributed by atoms with Crippen molar-refractivity contribution in [2.75, 3.05) is 13.1 Å².